The molecule has 0 bridgehead atoms. The number of hydrogen-bond donors (Lipinski definition) is 1. The monoisotopic (exact) mass is 204 g/mol. The zero-order valence-corrected chi connectivity index (χ0v) is 8.59. The van der Waals surface area contributed by atoms with Crippen LogP contribution in [0.15, 0.2) is 12.2 Å². The summed E-state index contributed by atoms with van der Waals surface area (Å²) in [6, 6.07) is 0. The summed E-state index contributed by atoms with van der Waals surface area (Å²) in [5.41, 5.74) is 0. The van der Waals surface area contributed by atoms with E-state index in [2.05, 4.69) is 0 Å². The van der Waals surface area contributed by atoms with Crippen molar-refractivity contribution >= 4 is 17.6 Å². The molecule has 1 N–H and O–H groups in total. The number of carboxylic acid groups (broad SMARTS) is 1. The van der Waals surface area contributed by atoms with Crippen molar-refractivity contribution in [1.29, 1.82) is 0 Å². The molecule has 0 spiro atoms. The number of halogens is 1. The molecular weight excluding hydrogens is 188 g/mol. The van der Waals surface area contributed by atoms with Gasteiger partial charge < -0.3 is 5.11 Å². The smallest absolute Gasteiger partial charge is 0.307 e. The molecule has 0 fully saturated rings. The molecule has 2 nitrogen and oxygen atoms in total. The minimum Gasteiger partial charge on any atom is -0.481 e. The lowest BCUT2D eigenvalue weighted by molar-refractivity contribution is -0.136. The third-order valence-corrected chi connectivity index (χ3v) is 1.98. The van der Waals surface area contributed by atoms with Crippen LogP contribution in [-0.4, -0.2) is 17.0 Å². The van der Waals surface area contributed by atoms with Crippen LogP contribution in [0.3, 0.4) is 0 Å². The van der Waals surface area contributed by atoms with Crippen molar-refractivity contribution in [2.75, 3.05) is 5.88 Å². The van der Waals surface area contributed by atoms with Gasteiger partial charge in [0.1, 0.15) is 0 Å². The second kappa shape index (κ2) is 9.59. The van der Waals surface area contributed by atoms with E-state index in [0.29, 0.717) is 0 Å². The summed E-state index contributed by atoms with van der Waals surface area (Å²) >= 11 is 5.52. The van der Waals surface area contributed by atoms with Crippen molar-refractivity contribution in [3.63, 3.8) is 0 Å². The topological polar surface area (TPSA) is 37.3 Å². The van der Waals surface area contributed by atoms with Gasteiger partial charge in [0.15, 0.2) is 0 Å². The number of alkyl halides is 1. The van der Waals surface area contributed by atoms with Crippen molar-refractivity contribution in [2.45, 2.75) is 38.5 Å². The van der Waals surface area contributed by atoms with Crippen LogP contribution >= 0.6 is 11.6 Å². The normalized spacial score (nSPS) is 10.8. The van der Waals surface area contributed by atoms with Crippen LogP contribution in [0.2, 0.25) is 0 Å². The number of carbonyl (C=O) groups is 1. The van der Waals surface area contributed by atoms with Crippen molar-refractivity contribution in [3.05, 3.63) is 12.2 Å². The summed E-state index contributed by atoms with van der Waals surface area (Å²) in [6.07, 6.45) is 9.35. The van der Waals surface area contributed by atoms with Crippen LogP contribution in [0.4, 0.5) is 0 Å². The Balaban J connectivity index is 3.06. The van der Waals surface area contributed by atoms with Crippen molar-refractivity contribution in [3.8, 4) is 0 Å². The van der Waals surface area contributed by atoms with Crippen LogP contribution in [0.25, 0.3) is 0 Å². The number of aliphatic carboxylic acids is 1. The van der Waals surface area contributed by atoms with Gasteiger partial charge in [-0.05, 0) is 19.3 Å². The fourth-order valence-corrected chi connectivity index (χ4v) is 1.20. The molecule has 0 radical (unpaired) electrons. The molecule has 0 aliphatic rings. The van der Waals surface area contributed by atoms with Crippen molar-refractivity contribution < 1.29 is 9.90 Å². The maximum Gasteiger partial charge on any atom is 0.307 e. The quantitative estimate of drug-likeness (QED) is 0.375. The van der Waals surface area contributed by atoms with Gasteiger partial charge in [-0.2, -0.15) is 0 Å². The third kappa shape index (κ3) is 11.5. The molecule has 13 heavy (non-hydrogen) atoms. The minimum atomic E-state index is -0.765. The highest BCUT2D eigenvalue weighted by Crippen LogP contribution is 2.04. The van der Waals surface area contributed by atoms with E-state index >= 15 is 0 Å². The molecule has 0 aromatic carbocycles. The SMILES string of the molecule is O=C(O)C/C=C/CCCCCCCl. The first-order chi connectivity index (χ1) is 6.27. The predicted octanol–water partition coefficient (Wildman–Crippen LogP) is 3.21. The molecule has 0 aromatic rings. The summed E-state index contributed by atoms with van der Waals surface area (Å²) in [6.45, 7) is 0. The zero-order valence-electron chi connectivity index (χ0n) is 7.84. The molecule has 0 heterocycles. The molecule has 76 valence electrons. The molecule has 0 saturated heterocycles. The Morgan fingerprint density at radius 2 is 1.85 bits per heavy atom. The predicted molar refractivity (Wildman–Crippen MR) is 55.2 cm³/mol. The van der Waals surface area contributed by atoms with Gasteiger partial charge in [0.2, 0.25) is 0 Å². The van der Waals surface area contributed by atoms with E-state index in [0.717, 1.165) is 25.1 Å². The van der Waals surface area contributed by atoms with Crippen molar-refractivity contribution in [1.82, 2.24) is 0 Å². The highest BCUT2D eigenvalue weighted by molar-refractivity contribution is 6.17. The molecule has 0 aliphatic carbocycles. The van der Waals surface area contributed by atoms with E-state index in [1.165, 1.54) is 12.8 Å². The lowest BCUT2D eigenvalue weighted by Gasteiger charge is -1.94. The molecule has 0 aromatic heterocycles. The van der Waals surface area contributed by atoms with Crippen LogP contribution in [0.5, 0.6) is 0 Å². The van der Waals surface area contributed by atoms with Crippen LogP contribution in [0.1, 0.15) is 38.5 Å². The van der Waals surface area contributed by atoms with E-state index in [9.17, 15) is 4.79 Å². The van der Waals surface area contributed by atoms with Gasteiger partial charge in [-0.1, -0.05) is 25.0 Å². The molecule has 3 heteroatoms. The van der Waals surface area contributed by atoms with Gasteiger partial charge in [-0.3, -0.25) is 4.79 Å². The summed E-state index contributed by atoms with van der Waals surface area (Å²) < 4.78 is 0. The number of allylic oxidation sites excluding steroid dienone is 1. The number of rotatable bonds is 8. The Morgan fingerprint density at radius 1 is 1.15 bits per heavy atom. The summed E-state index contributed by atoms with van der Waals surface area (Å²) in [5, 5.41) is 8.32. The van der Waals surface area contributed by atoms with E-state index in [1.54, 1.807) is 6.08 Å². The van der Waals surface area contributed by atoms with Gasteiger partial charge in [0.25, 0.3) is 0 Å². The van der Waals surface area contributed by atoms with E-state index in [-0.39, 0.29) is 6.42 Å². The second-order valence-electron chi connectivity index (χ2n) is 2.96. The van der Waals surface area contributed by atoms with E-state index in [1.807, 2.05) is 6.08 Å². The third-order valence-electron chi connectivity index (χ3n) is 1.71. The van der Waals surface area contributed by atoms with Crippen LogP contribution < -0.4 is 0 Å². The minimum absolute atomic E-state index is 0.141. The Labute approximate surface area is 84.6 Å². The molecule has 0 atom stereocenters. The molecule has 0 unspecified atom stereocenters. The Bertz CT molecular complexity index is 155. The Morgan fingerprint density at radius 3 is 2.46 bits per heavy atom. The largest absolute Gasteiger partial charge is 0.481 e. The average Bonchev–Trinajstić information content (AvgIpc) is 2.09. The lowest BCUT2D eigenvalue weighted by atomic mass is 10.1. The van der Waals surface area contributed by atoms with Gasteiger partial charge in [0, 0.05) is 5.88 Å². The number of hydrogen-bond acceptors (Lipinski definition) is 1. The van der Waals surface area contributed by atoms with E-state index < -0.39 is 5.97 Å². The summed E-state index contributed by atoms with van der Waals surface area (Å²) in [4.78, 5) is 10.1. The van der Waals surface area contributed by atoms with Gasteiger partial charge in [-0.25, -0.2) is 0 Å². The molecule has 0 aliphatic heterocycles. The lowest BCUT2D eigenvalue weighted by Crippen LogP contribution is -1.89. The molecule has 0 rings (SSSR count). The maximum absolute atomic E-state index is 10.1. The first kappa shape index (κ1) is 12.5. The summed E-state index contributed by atoms with van der Waals surface area (Å²) in [7, 11) is 0. The Kier molecular flexibility index (Phi) is 9.22. The second-order valence-corrected chi connectivity index (χ2v) is 3.34. The highest BCUT2D eigenvalue weighted by Gasteiger charge is 1.89. The first-order valence-corrected chi connectivity index (χ1v) is 5.23. The van der Waals surface area contributed by atoms with Gasteiger partial charge in [-0.15, -0.1) is 11.6 Å². The molecular formula is C10H17ClO2. The van der Waals surface area contributed by atoms with Crippen LogP contribution in [-0.2, 0) is 4.79 Å². The highest BCUT2D eigenvalue weighted by atomic mass is 35.5. The van der Waals surface area contributed by atoms with Crippen LogP contribution in [0, 0.1) is 0 Å². The fraction of sp³-hybridized carbons (Fsp3) is 0.700. The molecule has 0 saturated carbocycles. The Hall–Kier alpha value is -0.500. The maximum atomic E-state index is 10.1. The first-order valence-electron chi connectivity index (χ1n) is 4.70. The van der Waals surface area contributed by atoms with Gasteiger partial charge in [0.05, 0.1) is 6.42 Å². The van der Waals surface area contributed by atoms with Gasteiger partial charge >= 0.3 is 5.97 Å². The summed E-state index contributed by atoms with van der Waals surface area (Å²) in [5.74, 6) is -0.0205. The van der Waals surface area contributed by atoms with E-state index in [4.69, 9.17) is 16.7 Å². The number of unbranched alkanes of at least 4 members (excludes halogenated alkanes) is 4. The molecule has 0 amide bonds. The zero-order chi connectivity index (χ0) is 9.94. The number of carboxylic acids is 1. The van der Waals surface area contributed by atoms with Crippen molar-refractivity contribution in [2.24, 2.45) is 0 Å². The standard InChI is InChI=1S/C10H17ClO2/c11-9-7-5-3-1-2-4-6-8-10(12)13/h4,6H,1-3,5,7-9H2,(H,12,13)/b6-4+. The average molecular weight is 205 g/mol. The fourth-order valence-electron chi connectivity index (χ4n) is 1.01.